The molecule has 4 rings (SSSR count). The van der Waals surface area contributed by atoms with Gasteiger partial charge in [0, 0.05) is 25.2 Å². The summed E-state index contributed by atoms with van der Waals surface area (Å²) < 4.78 is 0. The Morgan fingerprint density at radius 2 is 1.96 bits per heavy atom. The second-order valence-corrected chi connectivity index (χ2v) is 7.17. The number of nitrogens with one attached hydrogen (secondary N) is 2. The Balaban J connectivity index is 1.34. The molecule has 5 nitrogen and oxygen atoms in total. The zero-order valence-corrected chi connectivity index (χ0v) is 14.6. The highest BCUT2D eigenvalue weighted by molar-refractivity contribution is 7.12. The van der Waals surface area contributed by atoms with Gasteiger partial charge in [0.15, 0.2) is 5.82 Å². The van der Waals surface area contributed by atoms with Crippen LogP contribution in [0.2, 0.25) is 0 Å². The fourth-order valence-electron chi connectivity index (χ4n) is 3.16. The van der Waals surface area contributed by atoms with E-state index in [1.807, 2.05) is 35.7 Å². The first-order valence-corrected chi connectivity index (χ1v) is 9.38. The molecule has 3 heterocycles. The van der Waals surface area contributed by atoms with Crippen LogP contribution in [0.4, 0.5) is 5.82 Å². The Hall–Kier alpha value is -2.60. The van der Waals surface area contributed by atoms with Crippen molar-refractivity contribution in [3.05, 3.63) is 58.8 Å². The molecular formula is C19H20N4OS. The minimum atomic E-state index is 0.0413. The molecule has 0 saturated carbocycles. The molecule has 0 bridgehead atoms. The summed E-state index contributed by atoms with van der Waals surface area (Å²) in [6, 6.07) is 16.3. The number of thiophene rings is 1. The third kappa shape index (κ3) is 3.58. The van der Waals surface area contributed by atoms with Gasteiger partial charge in [-0.2, -0.15) is 5.10 Å². The van der Waals surface area contributed by atoms with Gasteiger partial charge in [-0.3, -0.25) is 9.89 Å². The summed E-state index contributed by atoms with van der Waals surface area (Å²) >= 11 is 1.48. The van der Waals surface area contributed by atoms with Crippen LogP contribution in [0.5, 0.6) is 0 Å². The fourth-order valence-corrected chi connectivity index (χ4v) is 3.78. The van der Waals surface area contributed by atoms with Crippen molar-refractivity contribution in [1.82, 2.24) is 15.5 Å². The molecule has 1 amide bonds. The Bertz CT molecular complexity index is 820. The molecule has 0 aliphatic carbocycles. The smallest absolute Gasteiger partial charge is 0.261 e. The predicted molar refractivity (Wildman–Crippen MR) is 101 cm³/mol. The van der Waals surface area contributed by atoms with Gasteiger partial charge < -0.3 is 10.2 Å². The van der Waals surface area contributed by atoms with Gasteiger partial charge in [0.2, 0.25) is 0 Å². The first-order valence-electron chi connectivity index (χ1n) is 8.50. The number of hydrogen-bond donors (Lipinski definition) is 2. The third-order valence-electron chi connectivity index (χ3n) is 4.55. The van der Waals surface area contributed by atoms with E-state index in [1.165, 1.54) is 11.3 Å². The van der Waals surface area contributed by atoms with E-state index in [2.05, 4.69) is 38.6 Å². The van der Waals surface area contributed by atoms with E-state index >= 15 is 0 Å². The molecule has 0 unspecified atom stereocenters. The number of H-pyrrole nitrogens is 1. The molecule has 25 heavy (non-hydrogen) atoms. The Morgan fingerprint density at radius 3 is 2.68 bits per heavy atom. The molecule has 128 valence electrons. The van der Waals surface area contributed by atoms with Gasteiger partial charge in [-0.05, 0) is 29.9 Å². The number of benzene rings is 1. The second-order valence-electron chi connectivity index (χ2n) is 6.22. The molecule has 2 N–H and O–H groups in total. The lowest BCUT2D eigenvalue weighted by Crippen LogP contribution is -2.44. The van der Waals surface area contributed by atoms with Crippen LogP contribution in [0.25, 0.3) is 11.3 Å². The summed E-state index contributed by atoms with van der Waals surface area (Å²) in [6.45, 7) is 1.79. The Labute approximate surface area is 150 Å². The Kier molecular flexibility index (Phi) is 4.52. The van der Waals surface area contributed by atoms with Crippen molar-refractivity contribution in [2.24, 2.45) is 0 Å². The van der Waals surface area contributed by atoms with E-state index < -0.39 is 0 Å². The molecule has 1 fully saturated rings. The van der Waals surface area contributed by atoms with E-state index in [4.69, 9.17) is 0 Å². The van der Waals surface area contributed by atoms with Crippen LogP contribution in [0, 0.1) is 0 Å². The topological polar surface area (TPSA) is 61.0 Å². The first kappa shape index (κ1) is 15.9. The summed E-state index contributed by atoms with van der Waals surface area (Å²) in [4.78, 5) is 15.2. The summed E-state index contributed by atoms with van der Waals surface area (Å²) in [5, 5.41) is 12.7. The number of hydrogen-bond acceptors (Lipinski definition) is 4. The zero-order valence-electron chi connectivity index (χ0n) is 13.8. The fraction of sp³-hybridized carbons (Fsp3) is 0.263. The van der Waals surface area contributed by atoms with Gasteiger partial charge in [-0.15, -0.1) is 11.3 Å². The van der Waals surface area contributed by atoms with Gasteiger partial charge >= 0.3 is 0 Å². The standard InChI is InChI=1S/C19H20N4OS/c24-19(17-7-4-12-25-17)20-15-8-10-23(11-9-15)18-13-16(21-22-18)14-5-2-1-3-6-14/h1-7,12-13,15H,8-11H2,(H,20,24)(H,21,22). The molecule has 0 spiro atoms. The largest absolute Gasteiger partial charge is 0.355 e. The number of amides is 1. The average molecular weight is 352 g/mol. The molecular weight excluding hydrogens is 332 g/mol. The Morgan fingerprint density at radius 1 is 1.16 bits per heavy atom. The number of piperidine rings is 1. The van der Waals surface area contributed by atoms with E-state index in [0.29, 0.717) is 0 Å². The van der Waals surface area contributed by atoms with Gasteiger partial charge in [0.25, 0.3) is 5.91 Å². The highest BCUT2D eigenvalue weighted by atomic mass is 32.1. The lowest BCUT2D eigenvalue weighted by molar-refractivity contribution is 0.0935. The van der Waals surface area contributed by atoms with Gasteiger partial charge in [0.1, 0.15) is 0 Å². The van der Waals surface area contributed by atoms with E-state index in [9.17, 15) is 4.79 Å². The minimum absolute atomic E-state index is 0.0413. The SMILES string of the molecule is O=C(NC1CCN(c2cc(-c3ccccc3)[nH]n2)CC1)c1cccs1. The van der Waals surface area contributed by atoms with E-state index in [0.717, 1.165) is 47.9 Å². The van der Waals surface area contributed by atoms with Crippen LogP contribution in [0.15, 0.2) is 53.9 Å². The van der Waals surface area contributed by atoms with Crippen LogP contribution in [0.1, 0.15) is 22.5 Å². The quantitative estimate of drug-likeness (QED) is 0.755. The summed E-state index contributed by atoms with van der Waals surface area (Å²) in [5.41, 5.74) is 2.17. The van der Waals surface area contributed by atoms with Crippen molar-refractivity contribution >= 4 is 23.1 Å². The van der Waals surface area contributed by atoms with Crippen molar-refractivity contribution in [2.75, 3.05) is 18.0 Å². The summed E-state index contributed by atoms with van der Waals surface area (Å²) in [5.74, 6) is 1.02. The van der Waals surface area contributed by atoms with Crippen molar-refractivity contribution in [3.8, 4) is 11.3 Å². The number of carbonyl (C=O) groups is 1. The van der Waals surface area contributed by atoms with Crippen molar-refractivity contribution in [1.29, 1.82) is 0 Å². The number of aromatic amines is 1. The highest BCUT2D eigenvalue weighted by Crippen LogP contribution is 2.24. The van der Waals surface area contributed by atoms with Crippen LogP contribution in [0.3, 0.4) is 0 Å². The lowest BCUT2D eigenvalue weighted by Gasteiger charge is -2.32. The monoisotopic (exact) mass is 352 g/mol. The summed E-state index contributed by atoms with van der Waals surface area (Å²) in [6.07, 6.45) is 1.87. The first-order chi connectivity index (χ1) is 12.3. The maximum atomic E-state index is 12.2. The summed E-state index contributed by atoms with van der Waals surface area (Å²) in [7, 11) is 0. The molecule has 0 radical (unpaired) electrons. The predicted octanol–water partition coefficient (Wildman–Crippen LogP) is 3.54. The maximum Gasteiger partial charge on any atom is 0.261 e. The maximum absolute atomic E-state index is 12.2. The number of carbonyl (C=O) groups excluding carboxylic acids is 1. The molecule has 0 atom stereocenters. The second kappa shape index (κ2) is 7.11. The molecule has 2 aromatic heterocycles. The molecule has 1 aliphatic heterocycles. The van der Waals surface area contributed by atoms with Crippen LogP contribution >= 0.6 is 11.3 Å². The minimum Gasteiger partial charge on any atom is -0.355 e. The van der Waals surface area contributed by atoms with E-state index in [-0.39, 0.29) is 11.9 Å². The molecule has 1 saturated heterocycles. The molecule has 1 aliphatic rings. The molecule has 6 heteroatoms. The van der Waals surface area contributed by atoms with Crippen LogP contribution < -0.4 is 10.2 Å². The number of anilines is 1. The third-order valence-corrected chi connectivity index (χ3v) is 5.42. The van der Waals surface area contributed by atoms with Crippen LogP contribution in [-0.4, -0.2) is 35.2 Å². The average Bonchev–Trinajstić information content (AvgIpc) is 3.35. The van der Waals surface area contributed by atoms with Crippen LogP contribution in [-0.2, 0) is 0 Å². The van der Waals surface area contributed by atoms with Gasteiger partial charge in [0.05, 0.1) is 10.6 Å². The molecule has 1 aromatic carbocycles. The number of aromatic nitrogens is 2. The van der Waals surface area contributed by atoms with Crippen molar-refractivity contribution in [2.45, 2.75) is 18.9 Å². The highest BCUT2D eigenvalue weighted by Gasteiger charge is 2.23. The number of nitrogens with zero attached hydrogens (tertiary/aromatic N) is 2. The zero-order chi connectivity index (χ0) is 17.1. The lowest BCUT2D eigenvalue weighted by atomic mass is 10.0. The van der Waals surface area contributed by atoms with Gasteiger partial charge in [-0.1, -0.05) is 36.4 Å². The van der Waals surface area contributed by atoms with E-state index in [1.54, 1.807) is 0 Å². The number of rotatable bonds is 4. The molecule has 3 aromatic rings. The van der Waals surface area contributed by atoms with Gasteiger partial charge in [-0.25, -0.2) is 0 Å². The van der Waals surface area contributed by atoms with Crippen molar-refractivity contribution < 1.29 is 4.79 Å². The normalized spacial score (nSPS) is 15.3. The van der Waals surface area contributed by atoms with Crippen molar-refractivity contribution in [3.63, 3.8) is 0 Å².